The largest absolute Gasteiger partial charge is 0.469 e. The molecule has 3 rings (SSSR count). The molecule has 4 nitrogen and oxygen atoms in total. The summed E-state index contributed by atoms with van der Waals surface area (Å²) in [6.45, 7) is 8.77. The number of hydrogen-bond donors (Lipinski definition) is 0. The predicted molar refractivity (Wildman–Crippen MR) is 108 cm³/mol. The van der Waals surface area contributed by atoms with Gasteiger partial charge in [-0.15, -0.1) is 0 Å². The van der Waals surface area contributed by atoms with Crippen molar-refractivity contribution in [3.63, 3.8) is 0 Å². The third-order valence-corrected chi connectivity index (χ3v) is 5.39. The molecule has 0 bridgehead atoms. The van der Waals surface area contributed by atoms with Crippen molar-refractivity contribution in [3.8, 4) is 0 Å². The van der Waals surface area contributed by atoms with Crippen LogP contribution in [0, 0.1) is 0 Å². The number of carbonyl (C=O) groups excluding carboxylic acids is 1. The lowest BCUT2D eigenvalue weighted by atomic mass is 10.0. The summed E-state index contributed by atoms with van der Waals surface area (Å²) in [7, 11) is 1.43. The van der Waals surface area contributed by atoms with E-state index in [0.29, 0.717) is 18.5 Å². The number of hydrogen-bond acceptors (Lipinski definition) is 4. The molecule has 0 aliphatic carbocycles. The second kappa shape index (κ2) is 9.16. The maximum atomic E-state index is 11.4. The van der Waals surface area contributed by atoms with Crippen molar-refractivity contribution in [2.24, 2.45) is 0 Å². The van der Waals surface area contributed by atoms with Gasteiger partial charge in [-0.25, -0.2) is 0 Å². The minimum absolute atomic E-state index is 0.195. The SMILES string of the molecule is COC(=O)Cc1ccc(CN2[C@H](C)CN(Cc3ccccc3)C[C@@H]2C)cc1. The van der Waals surface area contributed by atoms with E-state index in [4.69, 9.17) is 4.74 Å². The van der Waals surface area contributed by atoms with E-state index >= 15 is 0 Å². The zero-order valence-corrected chi connectivity index (χ0v) is 16.6. The Kier molecular flexibility index (Phi) is 6.64. The van der Waals surface area contributed by atoms with Crippen LogP contribution in [0.3, 0.4) is 0 Å². The first-order valence-corrected chi connectivity index (χ1v) is 9.72. The molecular weight excluding hydrogens is 336 g/mol. The molecule has 0 spiro atoms. The second-order valence-electron chi connectivity index (χ2n) is 7.62. The van der Waals surface area contributed by atoms with Crippen LogP contribution < -0.4 is 0 Å². The number of nitrogens with zero attached hydrogens (tertiary/aromatic N) is 2. The van der Waals surface area contributed by atoms with E-state index in [1.165, 1.54) is 18.2 Å². The molecule has 0 amide bonds. The van der Waals surface area contributed by atoms with Crippen molar-refractivity contribution < 1.29 is 9.53 Å². The summed E-state index contributed by atoms with van der Waals surface area (Å²) in [5.41, 5.74) is 3.67. The van der Waals surface area contributed by atoms with Crippen molar-refractivity contribution >= 4 is 5.97 Å². The molecule has 1 heterocycles. The number of rotatable bonds is 6. The molecule has 0 N–H and O–H groups in total. The fourth-order valence-electron chi connectivity index (χ4n) is 3.96. The van der Waals surface area contributed by atoms with Gasteiger partial charge in [0.1, 0.15) is 0 Å². The molecule has 1 saturated heterocycles. The number of methoxy groups -OCH3 is 1. The maximum absolute atomic E-state index is 11.4. The fraction of sp³-hybridized carbons (Fsp3) is 0.435. The zero-order chi connectivity index (χ0) is 19.2. The molecule has 0 radical (unpaired) electrons. The van der Waals surface area contributed by atoms with Crippen LogP contribution in [0.5, 0.6) is 0 Å². The number of carbonyl (C=O) groups is 1. The molecular formula is C23H30N2O2. The van der Waals surface area contributed by atoms with Gasteiger partial charge in [0.2, 0.25) is 0 Å². The summed E-state index contributed by atoms with van der Waals surface area (Å²) in [6, 6.07) is 20.1. The van der Waals surface area contributed by atoms with Gasteiger partial charge < -0.3 is 4.74 Å². The molecule has 2 atom stereocenters. The van der Waals surface area contributed by atoms with E-state index in [0.717, 1.165) is 31.7 Å². The van der Waals surface area contributed by atoms with Gasteiger partial charge in [-0.1, -0.05) is 54.6 Å². The fourth-order valence-corrected chi connectivity index (χ4v) is 3.96. The summed E-state index contributed by atoms with van der Waals surface area (Å²) in [5, 5.41) is 0. The molecule has 2 aromatic carbocycles. The third kappa shape index (κ3) is 5.41. The van der Waals surface area contributed by atoms with Gasteiger partial charge in [-0.2, -0.15) is 0 Å². The van der Waals surface area contributed by atoms with Crippen LogP contribution in [0.15, 0.2) is 54.6 Å². The van der Waals surface area contributed by atoms with E-state index in [2.05, 4.69) is 66.1 Å². The lowest BCUT2D eigenvalue weighted by Crippen LogP contribution is -2.55. The van der Waals surface area contributed by atoms with Crippen LogP contribution in [-0.2, 0) is 29.0 Å². The van der Waals surface area contributed by atoms with E-state index in [1.54, 1.807) is 0 Å². The van der Waals surface area contributed by atoms with Gasteiger partial charge >= 0.3 is 5.97 Å². The number of ether oxygens (including phenoxy) is 1. The van der Waals surface area contributed by atoms with Crippen LogP contribution in [0.2, 0.25) is 0 Å². The highest BCUT2D eigenvalue weighted by Gasteiger charge is 2.29. The van der Waals surface area contributed by atoms with Crippen molar-refractivity contribution in [2.45, 2.75) is 45.4 Å². The Morgan fingerprint density at radius 3 is 2.04 bits per heavy atom. The van der Waals surface area contributed by atoms with Crippen molar-refractivity contribution in [1.82, 2.24) is 9.80 Å². The molecule has 0 aromatic heterocycles. The second-order valence-corrected chi connectivity index (χ2v) is 7.62. The summed E-state index contributed by atoms with van der Waals surface area (Å²) < 4.78 is 4.73. The van der Waals surface area contributed by atoms with Crippen LogP contribution in [0.1, 0.15) is 30.5 Å². The first kappa shape index (κ1) is 19.6. The van der Waals surface area contributed by atoms with E-state index in [-0.39, 0.29) is 5.97 Å². The normalized spacial score (nSPS) is 21.1. The molecule has 4 heteroatoms. The average molecular weight is 367 g/mol. The molecule has 1 fully saturated rings. The van der Waals surface area contributed by atoms with Gasteiger partial charge in [-0.05, 0) is 30.5 Å². The molecule has 1 aliphatic heterocycles. The number of piperazine rings is 1. The highest BCUT2D eigenvalue weighted by atomic mass is 16.5. The summed E-state index contributed by atoms with van der Waals surface area (Å²) >= 11 is 0. The van der Waals surface area contributed by atoms with Crippen molar-refractivity contribution in [3.05, 3.63) is 71.3 Å². The van der Waals surface area contributed by atoms with Crippen LogP contribution in [0.4, 0.5) is 0 Å². The minimum Gasteiger partial charge on any atom is -0.469 e. The average Bonchev–Trinajstić information content (AvgIpc) is 2.67. The van der Waals surface area contributed by atoms with Gasteiger partial charge in [0.25, 0.3) is 0 Å². The number of benzene rings is 2. The van der Waals surface area contributed by atoms with Crippen LogP contribution in [-0.4, -0.2) is 48.1 Å². The predicted octanol–water partition coefficient (Wildman–Crippen LogP) is 3.50. The Morgan fingerprint density at radius 2 is 1.44 bits per heavy atom. The Morgan fingerprint density at radius 1 is 0.889 bits per heavy atom. The van der Waals surface area contributed by atoms with E-state index < -0.39 is 0 Å². The maximum Gasteiger partial charge on any atom is 0.309 e. The quantitative estimate of drug-likeness (QED) is 0.733. The first-order chi connectivity index (χ1) is 13.0. The van der Waals surface area contributed by atoms with Crippen molar-refractivity contribution in [1.29, 1.82) is 0 Å². The Labute approximate surface area is 162 Å². The summed E-state index contributed by atoms with van der Waals surface area (Å²) in [5.74, 6) is -0.195. The Bertz CT molecular complexity index is 718. The van der Waals surface area contributed by atoms with E-state index in [1.807, 2.05) is 12.1 Å². The lowest BCUT2D eigenvalue weighted by Gasteiger charge is -2.44. The summed E-state index contributed by atoms with van der Waals surface area (Å²) in [4.78, 5) is 16.5. The Balaban J connectivity index is 1.57. The standard InChI is InChI=1S/C23H30N2O2/c1-18-14-24(16-21-7-5-4-6-8-21)15-19(2)25(18)17-22-11-9-20(10-12-22)13-23(26)27-3/h4-12,18-19H,13-17H2,1-3H3/t18-,19+. The van der Waals surface area contributed by atoms with Gasteiger partial charge in [0, 0.05) is 38.3 Å². The van der Waals surface area contributed by atoms with E-state index in [9.17, 15) is 4.79 Å². The van der Waals surface area contributed by atoms with Crippen LogP contribution in [0.25, 0.3) is 0 Å². The topological polar surface area (TPSA) is 32.8 Å². The van der Waals surface area contributed by atoms with Crippen molar-refractivity contribution in [2.75, 3.05) is 20.2 Å². The highest BCUT2D eigenvalue weighted by molar-refractivity contribution is 5.72. The minimum atomic E-state index is -0.195. The van der Waals surface area contributed by atoms with Crippen LogP contribution >= 0.6 is 0 Å². The molecule has 0 saturated carbocycles. The van der Waals surface area contributed by atoms with Gasteiger partial charge in [0.05, 0.1) is 13.5 Å². The third-order valence-electron chi connectivity index (χ3n) is 5.39. The van der Waals surface area contributed by atoms with Gasteiger partial charge in [-0.3, -0.25) is 14.6 Å². The number of esters is 1. The molecule has 1 aliphatic rings. The lowest BCUT2D eigenvalue weighted by molar-refractivity contribution is -0.139. The summed E-state index contributed by atoms with van der Waals surface area (Å²) in [6.07, 6.45) is 0.335. The van der Waals surface area contributed by atoms with Gasteiger partial charge in [0.15, 0.2) is 0 Å². The smallest absolute Gasteiger partial charge is 0.309 e. The highest BCUT2D eigenvalue weighted by Crippen LogP contribution is 2.21. The monoisotopic (exact) mass is 366 g/mol. The first-order valence-electron chi connectivity index (χ1n) is 9.72. The molecule has 0 unspecified atom stereocenters. The zero-order valence-electron chi connectivity index (χ0n) is 16.6. The molecule has 144 valence electrons. The molecule has 27 heavy (non-hydrogen) atoms. The Hall–Kier alpha value is -2.17. The molecule has 2 aromatic rings.